The highest BCUT2D eigenvalue weighted by Gasteiger charge is 2.27. The minimum absolute atomic E-state index is 0.0481. The van der Waals surface area contributed by atoms with Crippen molar-refractivity contribution in [2.75, 3.05) is 19.8 Å². The second kappa shape index (κ2) is 36.3. The van der Waals surface area contributed by atoms with Gasteiger partial charge in [-0.2, -0.15) is 0 Å². The molecule has 0 radical (unpaired) electrons. The maximum absolute atomic E-state index is 12.7. The summed E-state index contributed by atoms with van der Waals surface area (Å²) in [5.74, 6) is -0.455. The molecule has 0 spiro atoms. The van der Waals surface area contributed by atoms with Crippen LogP contribution in [-0.2, 0) is 18.4 Å². The lowest BCUT2D eigenvalue weighted by Gasteiger charge is -2.24. The van der Waals surface area contributed by atoms with Crippen molar-refractivity contribution in [3.8, 4) is 0 Å². The number of aliphatic hydroxyl groups excluding tert-OH is 2. The molecule has 0 saturated heterocycles. The van der Waals surface area contributed by atoms with E-state index in [1.165, 1.54) is 109 Å². The topological polar surface area (TPSA) is 151 Å². The van der Waals surface area contributed by atoms with E-state index in [1.807, 2.05) is 6.08 Å². The van der Waals surface area contributed by atoms with Crippen LogP contribution in [0.1, 0.15) is 187 Å². The lowest BCUT2D eigenvalue weighted by molar-refractivity contribution is -0.124. The number of phosphoric acid groups is 1. The quantitative estimate of drug-likeness (QED) is 0.0239. The van der Waals surface area contributed by atoms with Gasteiger partial charge in [-0.05, 0) is 44.9 Å². The Bertz CT molecular complexity index is 858. The highest BCUT2D eigenvalue weighted by molar-refractivity contribution is 7.47. The molecule has 4 atom stereocenters. The van der Waals surface area contributed by atoms with Gasteiger partial charge in [0.2, 0.25) is 5.91 Å². The predicted octanol–water partition coefficient (Wildman–Crippen LogP) is 9.97. The van der Waals surface area contributed by atoms with Gasteiger partial charge in [0.15, 0.2) is 0 Å². The molecule has 4 unspecified atom stereocenters. The Morgan fingerprint density at radius 2 is 1.12 bits per heavy atom. The zero-order valence-electron chi connectivity index (χ0n) is 32.3. The lowest BCUT2D eigenvalue weighted by Crippen LogP contribution is -2.46. The van der Waals surface area contributed by atoms with Crippen molar-refractivity contribution in [1.82, 2.24) is 5.32 Å². The zero-order chi connectivity index (χ0) is 37.0. The molecule has 50 heavy (non-hydrogen) atoms. The normalized spacial score (nSPS) is 15.1. The number of carbonyl (C=O) groups excluding carboxylic acids is 1. The number of hydrogen-bond donors (Lipinski definition) is 5. The highest BCUT2D eigenvalue weighted by atomic mass is 31.2. The molecule has 0 aliphatic heterocycles. The van der Waals surface area contributed by atoms with E-state index in [4.69, 9.17) is 14.8 Å². The smallest absolute Gasteiger partial charge is 0.393 e. The zero-order valence-corrected chi connectivity index (χ0v) is 33.1. The third-order valence-electron chi connectivity index (χ3n) is 9.08. The van der Waals surface area contributed by atoms with E-state index in [2.05, 4.69) is 31.3 Å². The Morgan fingerprint density at radius 3 is 1.60 bits per heavy atom. The molecule has 9 nitrogen and oxygen atoms in total. The van der Waals surface area contributed by atoms with Crippen LogP contribution in [0.4, 0.5) is 0 Å². The molecular formula is C40H79N2O7P. The summed E-state index contributed by atoms with van der Waals surface area (Å²) in [7, 11) is -4.39. The summed E-state index contributed by atoms with van der Waals surface area (Å²) in [6.07, 6.45) is 37.3. The molecule has 1 amide bonds. The van der Waals surface area contributed by atoms with E-state index in [-0.39, 0.29) is 19.6 Å². The molecule has 0 fully saturated rings. The molecule has 10 heteroatoms. The number of aliphatic hydroxyl groups is 2. The van der Waals surface area contributed by atoms with Crippen molar-refractivity contribution in [2.45, 2.75) is 205 Å². The van der Waals surface area contributed by atoms with E-state index in [9.17, 15) is 24.5 Å². The van der Waals surface area contributed by atoms with Gasteiger partial charge in [0.1, 0.15) is 0 Å². The first-order valence-corrected chi connectivity index (χ1v) is 22.0. The fourth-order valence-corrected chi connectivity index (χ4v) is 6.69. The van der Waals surface area contributed by atoms with Gasteiger partial charge < -0.3 is 26.2 Å². The number of hydrogen-bond acceptors (Lipinski definition) is 7. The third-order valence-corrected chi connectivity index (χ3v) is 10.1. The van der Waals surface area contributed by atoms with Crippen molar-refractivity contribution in [2.24, 2.45) is 5.73 Å². The first kappa shape index (κ1) is 48.9. The summed E-state index contributed by atoms with van der Waals surface area (Å²) in [5.41, 5.74) is 5.33. The van der Waals surface area contributed by atoms with Crippen molar-refractivity contribution in [3.63, 3.8) is 0 Å². The van der Waals surface area contributed by atoms with Gasteiger partial charge in [0.05, 0.1) is 37.9 Å². The average molecular weight is 731 g/mol. The molecular weight excluding hydrogens is 651 g/mol. The largest absolute Gasteiger partial charge is 0.472 e. The summed E-state index contributed by atoms with van der Waals surface area (Å²) in [4.78, 5) is 22.6. The highest BCUT2D eigenvalue weighted by Crippen LogP contribution is 2.43. The van der Waals surface area contributed by atoms with E-state index in [0.29, 0.717) is 6.42 Å². The minimum atomic E-state index is -4.39. The first-order chi connectivity index (χ1) is 24.3. The van der Waals surface area contributed by atoms with Crippen molar-refractivity contribution in [3.05, 3.63) is 24.3 Å². The molecule has 6 N–H and O–H groups in total. The van der Waals surface area contributed by atoms with Crippen LogP contribution >= 0.6 is 7.82 Å². The molecule has 296 valence electrons. The summed E-state index contributed by atoms with van der Waals surface area (Å²) >= 11 is 0. The Labute approximate surface area is 307 Å². The lowest BCUT2D eigenvalue weighted by atomic mass is 10.0. The van der Waals surface area contributed by atoms with Crippen molar-refractivity contribution in [1.29, 1.82) is 0 Å². The van der Waals surface area contributed by atoms with Crippen LogP contribution in [0.25, 0.3) is 0 Å². The fourth-order valence-electron chi connectivity index (χ4n) is 5.93. The SMILES string of the molecule is CCCCCCC/C=C/C(O)C(COP(=O)(O)OCCN)NC(=O)CC(O)CCCCCCC/C=C\CCCCCCCCCCCCCC. The standard InChI is InChI=1S/C40H79N2O7P/c1-3-5-7-9-11-12-13-14-15-16-17-18-19-20-21-22-23-24-26-27-29-31-37(43)35-40(45)42-38(36-49-50(46,47)48-34-33-41)39(44)32-30-28-25-10-8-6-4-2/h20-21,30,32,37-39,43-44H,3-19,22-29,31,33-36,41H2,1-2H3,(H,42,45)(H,46,47)/b21-20-,32-30+. The van der Waals surface area contributed by atoms with Crippen molar-refractivity contribution < 1.29 is 33.5 Å². The second-order valence-corrected chi connectivity index (χ2v) is 15.5. The number of allylic oxidation sites excluding steroid dienone is 3. The summed E-state index contributed by atoms with van der Waals surface area (Å²) in [6.45, 7) is 3.90. The van der Waals surface area contributed by atoms with Crippen LogP contribution < -0.4 is 11.1 Å². The van der Waals surface area contributed by atoms with E-state index >= 15 is 0 Å². The monoisotopic (exact) mass is 731 g/mol. The van der Waals surface area contributed by atoms with Gasteiger partial charge in [-0.25, -0.2) is 4.57 Å². The van der Waals surface area contributed by atoms with E-state index in [0.717, 1.165) is 51.4 Å². The maximum atomic E-state index is 12.7. The number of nitrogens with one attached hydrogen (secondary N) is 1. The third kappa shape index (κ3) is 34.0. The van der Waals surface area contributed by atoms with Gasteiger partial charge in [-0.3, -0.25) is 13.8 Å². The van der Waals surface area contributed by atoms with Crippen LogP contribution in [-0.4, -0.2) is 59.0 Å². The number of carbonyl (C=O) groups is 1. The molecule has 0 rings (SSSR count). The summed E-state index contributed by atoms with van der Waals surface area (Å²) in [6, 6.07) is -0.980. The number of unbranched alkanes of at least 4 members (excludes halogenated alkanes) is 22. The Kier molecular flexibility index (Phi) is 35.5. The molecule has 0 heterocycles. The number of rotatable bonds is 38. The maximum Gasteiger partial charge on any atom is 0.472 e. The molecule has 0 aliphatic rings. The van der Waals surface area contributed by atoms with Crippen LogP contribution in [0.15, 0.2) is 24.3 Å². The van der Waals surface area contributed by atoms with Crippen LogP contribution in [0.3, 0.4) is 0 Å². The van der Waals surface area contributed by atoms with Crippen LogP contribution in [0.2, 0.25) is 0 Å². The average Bonchev–Trinajstić information content (AvgIpc) is 3.09. The first-order valence-electron chi connectivity index (χ1n) is 20.5. The molecule has 0 bridgehead atoms. The Hall–Kier alpha value is -1.06. The molecule has 0 aliphatic carbocycles. The minimum Gasteiger partial charge on any atom is -0.393 e. The van der Waals surface area contributed by atoms with Gasteiger partial charge in [-0.1, -0.05) is 160 Å². The van der Waals surface area contributed by atoms with E-state index in [1.54, 1.807) is 6.08 Å². The number of amides is 1. The number of phosphoric ester groups is 1. The molecule has 0 aromatic carbocycles. The van der Waals surface area contributed by atoms with Gasteiger partial charge >= 0.3 is 7.82 Å². The predicted molar refractivity (Wildman–Crippen MR) is 209 cm³/mol. The number of nitrogens with two attached hydrogens (primary N) is 1. The van der Waals surface area contributed by atoms with Crippen molar-refractivity contribution >= 4 is 13.7 Å². The van der Waals surface area contributed by atoms with Crippen LogP contribution in [0.5, 0.6) is 0 Å². The Balaban J connectivity index is 4.12. The summed E-state index contributed by atoms with van der Waals surface area (Å²) in [5, 5.41) is 23.8. The van der Waals surface area contributed by atoms with E-state index < -0.39 is 38.6 Å². The van der Waals surface area contributed by atoms with Gasteiger partial charge in [0, 0.05) is 6.54 Å². The summed E-state index contributed by atoms with van der Waals surface area (Å²) < 4.78 is 21.9. The fraction of sp³-hybridized carbons (Fsp3) is 0.875. The van der Waals surface area contributed by atoms with Gasteiger partial charge in [0.25, 0.3) is 0 Å². The van der Waals surface area contributed by atoms with Gasteiger partial charge in [-0.15, -0.1) is 0 Å². The second-order valence-electron chi connectivity index (χ2n) is 14.0. The Morgan fingerprint density at radius 1 is 0.680 bits per heavy atom. The molecule has 0 aromatic rings. The van der Waals surface area contributed by atoms with Crippen LogP contribution in [0, 0.1) is 0 Å². The molecule has 0 saturated carbocycles. The molecule has 0 aromatic heterocycles.